The summed E-state index contributed by atoms with van der Waals surface area (Å²) in [4.78, 5) is 26.3. The fourth-order valence-electron chi connectivity index (χ4n) is 3.77. The number of hydrogen-bond acceptors (Lipinski definition) is 4. The van der Waals surface area contributed by atoms with Crippen LogP contribution in [0.1, 0.15) is 46.2 Å². The van der Waals surface area contributed by atoms with E-state index < -0.39 is 0 Å². The van der Waals surface area contributed by atoms with Crippen molar-refractivity contribution >= 4 is 5.91 Å². The van der Waals surface area contributed by atoms with Crippen LogP contribution in [0.2, 0.25) is 0 Å². The lowest BCUT2D eigenvalue weighted by Crippen LogP contribution is -2.38. The highest BCUT2D eigenvalue weighted by atomic mass is 16.2. The van der Waals surface area contributed by atoms with Crippen molar-refractivity contribution in [1.29, 1.82) is 0 Å². The van der Waals surface area contributed by atoms with Crippen molar-refractivity contribution in [3.05, 3.63) is 59.2 Å². The van der Waals surface area contributed by atoms with E-state index in [4.69, 9.17) is 4.98 Å². The number of fused-ring (bicyclic) bond motifs is 1. The molecule has 0 spiro atoms. The van der Waals surface area contributed by atoms with Gasteiger partial charge in [-0.1, -0.05) is 18.2 Å². The van der Waals surface area contributed by atoms with Crippen LogP contribution in [0.5, 0.6) is 0 Å². The molecule has 1 amide bonds. The Morgan fingerprint density at radius 3 is 2.64 bits per heavy atom. The van der Waals surface area contributed by atoms with Crippen LogP contribution >= 0.6 is 0 Å². The SMILES string of the molecule is CN1CCc2nc(C3CCN(C(=O)c4ccccc4)CC3)ncc2C1. The van der Waals surface area contributed by atoms with Crippen LogP contribution in [0.15, 0.2) is 36.5 Å². The van der Waals surface area contributed by atoms with E-state index in [1.807, 2.05) is 41.4 Å². The molecule has 1 fully saturated rings. The number of rotatable bonds is 2. The third-order valence-electron chi connectivity index (χ3n) is 5.31. The van der Waals surface area contributed by atoms with Gasteiger partial charge in [0, 0.05) is 61.5 Å². The monoisotopic (exact) mass is 336 g/mol. The highest BCUT2D eigenvalue weighted by molar-refractivity contribution is 5.94. The molecule has 1 aromatic heterocycles. The second-order valence-electron chi connectivity index (χ2n) is 7.12. The van der Waals surface area contributed by atoms with E-state index >= 15 is 0 Å². The molecule has 4 rings (SSSR count). The predicted molar refractivity (Wildman–Crippen MR) is 96.4 cm³/mol. The van der Waals surface area contributed by atoms with Crippen LogP contribution in [-0.2, 0) is 13.0 Å². The molecule has 0 unspecified atom stereocenters. The van der Waals surface area contributed by atoms with Crippen LogP contribution in [-0.4, -0.2) is 52.4 Å². The van der Waals surface area contributed by atoms with Crippen molar-refractivity contribution in [2.45, 2.75) is 31.7 Å². The molecule has 2 aliphatic heterocycles. The van der Waals surface area contributed by atoms with E-state index in [-0.39, 0.29) is 5.91 Å². The molecule has 1 saturated heterocycles. The van der Waals surface area contributed by atoms with Crippen molar-refractivity contribution in [3.63, 3.8) is 0 Å². The number of nitrogens with zero attached hydrogens (tertiary/aromatic N) is 4. The van der Waals surface area contributed by atoms with Gasteiger partial charge in [-0.05, 0) is 32.0 Å². The van der Waals surface area contributed by atoms with Crippen LogP contribution < -0.4 is 0 Å². The van der Waals surface area contributed by atoms with Gasteiger partial charge in [0.25, 0.3) is 5.91 Å². The van der Waals surface area contributed by atoms with Crippen LogP contribution in [0.4, 0.5) is 0 Å². The third kappa shape index (κ3) is 3.42. The minimum atomic E-state index is 0.133. The Morgan fingerprint density at radius 2 is 1.88 bits per heavy atom. The average Bonchev–Trinajstić information content (AvgIpc) is 2.68. The van der Waals surface area contributed by atoms with Crippen molar-refractivity contribution in [1.82, 2.24) is 19.8 Å². The number of hydrogen-bond donors (Lipinski definition) is 0. The molecule has 2 aliphatic rings. The van der Waals surface area contributed by atoms with Gasteiger partial charge in [0.2, 0.25) is 0 Å². The fraction of sp³-hybridized carbons (Fsp3) is 0.450. The molecule has 0 atom stereocenters. The van der Waals surface area contributed by atoms with Gasteiger partial charge in [-0.25, -0.2) is 9.97 Å². The summed E-state index contributed by atoms with van der Waals surface area (Å²) in [5.74, 6) is 1.47. The number of aromatic nitrogens is 2. The molecule has 3 heterocycles. The van der Waals surface area contributed by atoms with Gasteiger partial charge >= 0.3 is 0 Å². The molecule has 2 aromatic rings. The Hall–Kier alpha value is -2.27. The summed E-state index contributed by atoms with van der Waals surface area (Å²) in [5.41, 5.74) is 3.25. The van der Waals surface area contributed by atoms with Gasteiger partial charge in [0.15, 0.2) is 0 Å². The maximum atomic E-state index is 12.6. The number of carbonyl (C=O) groups excluding carboxylic acids is 1. The van der Waals surface area contributed by atoms with Crippen LogP contribution in [0.3, 0.4) is 0 Å². The molecule has 25 heavy (non-hydrogen) atoms. The second kappa shape index (κ2) is 6.92. The molecule has 0 bridgehead atoms. The van der Waals surface area contributed by atoms with Crippen molar-refractivity contribution in [2.24, 2.45) is 0 Å². The van der Waals surface area contributed by atoms with E-state index in [1.54, 1.807) is 0 Å². The maximum Gasteiger partial charge on any atom is 0.253 e. The first-order valence-corrected chi connectivity index (χ1v) is 9.08. The molecular weight excluding hydrogens is 312 g/mol. The first-order valence-electron chi connectivity index (χ1n) is 9.08. The highest BCUT2D eigenvalue weighted by Gasteiger charge is 2.27. The highest BCUT2D eigenvalue weighted by Crippen LogP contribution is 2.27. The predicted octanol–water partition coefficient (Wildman–Crippen LogP) is 2.48. The van der Waals surface area contributed by atoms with Crippen molar-refractivity contribution in [2.75, 3.05) is 26.7 Å². The largest absolute Gasteiger partial charge is 0.339 e. The zero-order valence-corrected chi connectivity index (χ0v) is 14.7. The topological polar surface area (TPSA) is 49.3 Å². The summed E-state index contributed by atoms with van der Waals surface area (Å²) in [6.45, 7) is 3.57. The smallest absolute Gasteiger partial charge is 0.253 e. The molecule has 0 saturated carbocycles. The Morgan fingerprint density at radius 1 is 1.12 bits per heavy atom. The van der Waals surface area contributed by atoms with Gasteiger partial charge in [-0.15, -0.1) is 0 Å². The number of likely N-dealkylation sites (tertiary alicyclic amines) is 1. The van der Waals surface area contributed by atoms with E-state index in [0.717, 1.165) is 56.8 Å². The molecular formula is C20H24N4O. The summed E-state index contributed by atoms with van der Waals surface area (Å²) >= 11 is 0. The first kappa shape index (κ1) is 16.2. The number of benzene rings is 1. The molecule has 5 nitrogen and oxygen atoms in total. The van der Waals surface area contributed by atoms with Crippen molar-refractivity contribution < 1.29 is 4.79 Å². The Bertz CT molecular complexity index is 754. The normalized spacial score (nSPS) is 18.8. The van der Waals surface area contributed by atoms with Crippen molar-refractivity contribution in [3.8, 4) is 0 Å². The Labute approximate surface area is 148 Å². The van der Waals surface area contributed by atoms with E-state index in [2.05, 4.69) is 16.9 Å². The lowest BCUT2D eigenvalue weighted by molar-refractivity contribution is 0.0711. The van der Waals surface area contributed by atoms with Crippen LogP contribution in [0, 0.1) is 0 Å². The molecule has 0 radical (unpaired) electrons. The number of piperidine rings is 1. The minimum absolute atomic E-state index is 0.133. The summed E-state index contributed by atoms with van der Waals surface area (Å²) in [7, 11) is 2.14. The maximum absolute atomic E-state index is 12.6. The van der Waals surface area contributed by atoms with Gasteiger partial charge in [0.05, 0.1) is 0 Å². The zero-order chi connectivity index (χ0) is 17.2. The first-order chi connectivity index (χ1) is 12.2. The summed E-state index contributed by atoms with van der Waals surface area (Å²) in [6, 6.07) is 9.54. The molecule has 5 heteroatoms. The molecule has 0 aliphatic carbocycles. The minimum Gasteiger partial charge on any atom is -0.339 e. The van der Waals surface area contributed by atoms with Gasteiger partial charge in [-0.3, -0.25) is 4.79 Å². The summed E-state index contributed by atoms with van der Waals surface area (Å²) in [5, 5.41) is 0. The second-order valence-corrected chi connectivity index (χ2v) is 7.12. The third-order valence-corrected chi connectivity index (χ3v) is 5.31. The van der Waals surface area contributed by atoms with Crippen LogP contribution in [0.25, 0.3) is 0 Å². The number of amides is 1. The van der Waals surface area contributed by atoms with E-state index in [1.165, 1.54) is 11.3 Å². The van der Waals surface area contributed by atoms with Gasteiger partial charge < -0.3 is 9.80 Å². The number of likely N-dealkylation sites (N-methyl/N-ethyl adjacent to an activating group) is 1. The number of carbonyl (C=O) groups is 1. The summed E-state index contributed by atoms with van der Waals surface area (Å²) in [6.07, 6.45) is 4.90. The van der Waals surface area contributed by atoms with Gasteiger partial charge in [0.1, 0.15) is 5.82 Å². The standard InChI is InChI=1S/C20H24N4O/c1-23-10-9-18-17(14-23)13-21-19(22-18)15-7-11-24(12-8-15)20(25)16-5-3-2-4-6-16/h2-6,13,15H,7-12,14H2,1H3. The fourth-order valence-corrected chi connectivity index (χ4v) is 3.77. The molecule has 130 valence electrons. The molecule has 0 N–H and O–H groups in total. The zero-order valence-electron chi connectivity index (χ0n) is 14.7. The Balaban J connectivity index is 1.41. The molecule has 1 aromatic carbocycles. The average molecular weight is 336 g/mol. The lowest BCUT2D eigenvalue weighted by Gasteiger charge is -2.32. The quantitative estimate of drug-likeness (QED) is 0.845. The van der Waals surface area contributed by atoms with Gasteiger partial charge in [-0.2, -0.15) is 0 Å². The van der Waals surface area contributed by atoms with E-state index in [9.17, 15) is 4.79 Å². The summed E-state index contributed by atoms with van der Waals surface area (Å²) < 4.78 is 0. The Kier molecular flexibility index (Phi) is 4.49. The lowest BCUT2D eigenvalue weighted by atomic mass is 9.95. The van der Waals surface area contributed by atoms with E-state index in [0.29, 0.717) is 5.92 Å².